The Labute approximate surface area is 73.3 Å². The topological polar surface area (TPSA) is 37.3 Å². The van der Waals surface area contributed by atoms with E-state index >= 15 is 0 Å². The third-order valence-corrected chi connectivity index (χ3v) is 1.89. The van der Waals surface area contributed by atoms with E-state index in [9.17, 15) is 4.79 Å². The predicted octanol–water partition coefficient (Wildman–Crippen LogP) is 2.07. The Kier molecular flexibility index (Phi) is 4.14. The molecule has 0 radical (unpaired) electrons. The van der Waals surface area contributed by atoms with Gasteiger partial charge in [-0.15, -0.1) is 6.42 Å². The average molecular weight is 166 g/mol. The minimum atomic E-state index is -0.779. The Bertz CT molecular complexity index is 243. The first kappa shape index (κ1) is 10.8. The molecule has 12 heavy (non-hydrogen) atoms. The SMILES string of the molecule is C#CC(C)=C(C)CC(C)C(=O)O. The average Bonchev–Trinajstić information content (AvgIpc) is 2.02. The van der Waals surface area contributed by atoms with Crippen molar-refractivity contribution in [1.82, 2.24) is 0 Å². The fourth-order valence-corrected chi connectivity index (χ4v) is 0.823. The van der Waals surface area contributed by atoms with Gasteiger partial charge in [0.1, 0.15) is 0 Å². The van der Waals surface area contributed by atoms with Crippen molar-refractivity contribution in [3.8, 4) is 12.3 Å². The summed E-state index contributed by atoms with van der Waals surface area (Å²) in [6.07, 6.45) is 5.70. The van der Waals surface area contributed by atoms with Crippen LogP contribution in [0.1, 0.15) is 27.2 Å². The number of carbonyl (C=O) groups is 1. The number of rotatable bonds is 3. The molecule has 0 aliphatic rings. The van der Waals surface area contributed by atoms with Crippen LogP contribution in [0.4, 0.5) is 0 Å². The fraction of sp³-hybridized carbons (Fsp3) is 0.500. The number of carboxylic acids is 1. The molecule has 2 nitrogen and oxygen atoms in total. The summed E-state index contributed by atoms with van der Waals surface area (Å²) in [7, 11) is 0. The lowest BCUT2D eigenvalue weighted by atomic mass is 9.99. The van der Waals surface area contributed by atoms with Crippen molar-refractivity contribution in [2.45, 2.75) is 27.2 Å². The van der Waals surface area contributed by atoms with Crippen LogP contribution in [0, 0.1) is 18.3 Å². The molecule has 0 heterocycles. The Morgan fingerprint density at radius 3 is 2.42 bits per heavy atom. The molecule has 2 heteroatoms. The lowest BCUT2D eigenvalue weighted by molar-refractivity contribution is -0.141. The summed E-state index contributed by atoms with van der Waals surface area (Å²) in [4.78, 5) is 10.5. The molecule has 0 aliphatic heterocycles. The summed E-state index contributed by atoms with van der Waals surface area (Å²) in [5.41, 5.74) is 1.82. The van der Waals surface area contributed by atoms with E-state index in [4.69, 9.17) is 11.5 Å². The third-order valence-electron chi connectivity index (χ3n) is 1.89. The monoisotopic (exact) mass is 166 g/mol. The molecular formula is C10H14O2. The molecule has 0 spiro atoms. The van der Waals surface area contributed by atoms with Crippen LogP contribution in [0.25, 0.3) is 0 Å². The maximum atomic E-state index is 10.5. The van der Waals surface area contributed by atoms with Crippen molar-refractivity contribution in [2.75, 3.05) is 0 Å². The van der Waals surface area contributed by atoms with Crippen molar-refractivity contribution in [3.05, 3.63) is 11.1 Å². The third kappa shape index (κ3) is 3.25. The first-order valence-corrected chi connectivity index (χ1v) is 3.84. The zero-order valence-corrected chi connectivity index (χ0v) is 7.72. The largest absolute Gasteiger partial charge is 0.481 e. The van der Waals surface area contributed by atoms with Gasteiger partial charge in [0.15, 0.2) is 0 Å². The van der Waals surface area contributed by atoms with Crippen LogP contribution in [0.2, 0.25) is 0 Å². The minimum absolute atomic E-state index is 0.353. The minimum Gasteiger partial charge on any atom is -0.481 e. The Morgan fingerprint density at radius 1 is 1.58 bits per heavy atom. The van der Waals surface area contributed by atoms with Gasteiger partial charge in [0.2, 0.25) is 0 Å². The van der Waals surface area contributed by atoms with Crippen molar-refractivity contribution < 1.29 is 9.90 Å². The second kappa shape index (κ2) is 4.61. The summed E-state index contributed by atoms with van der Waals surface area (Å²) in [6, 6.07) is 0. The Hall–Kier alpha value is -1.23. The van der Waals surface area contributed by atoms with Crippen LogP contribution in [0.5, 0.6) is 0 Å². The van der Waals surface area contributed by atoms with Crippen LogP contribution < -0.4 is 0 Å². The van der Waals surface area contributed by atoms with E-state index < -0.39 is 5.97 Å². The quantitative estimate of drug-likeness (QED) is 0.651. The highest BCUT2D eigenvalue weighted by molar-refractivity contribution is 5.69. The van der Waals surface area contributed by atoms with Crippen LogP contribution in [0.15, 0.2) is 11.1 Å². The summed E-state index contributed by atoms with van der Waals surface area (Å²) in [5, 5.41) is 8.61. The van der Waals surface area contributed by atoms with Gasteiger partial charge in [-0.2, -0.15) is 0 Å². The van der Waals surface area contributed by atoms with Gasteiger partial charge in [0, 0.05) is 0 Å². The second-order valence-corrected chi connectivity index (χ2v) is 2.99. The van der Waals surface area contributed by atoms with Crippen LogP contribution in [-0.2, 0) is 4.79 Å². The number of hydrogen-bond donors (Lipinski definition) is 1. The highest BCUT2D eigenvalue weighted by atomic mass is 16.4. The molecule has 1 atom stereocenters. The molecule has 0 aromatic rings. The summed E-state index contributed by atoms with van der Waals surface area (Å²) >= 11 is 0. The van der Waals surface area contributed by atoms with Crippen molar-refractivity contribution in [1.29, 1.82) is 0 Å². The molecule has 1 N–H and O–H groups in total. The molecule has 66 valence electrons. The molecule has 1 unspecified atom stereocenters. The van der Waals surface area contributed by atoms with Gasteiger partial charge in [0.05, 0.1) is 5.92 Å². The molecule has 0 fully saturated rings. The maximum absolute atomic E-state index is 10.5. The van der Waals surface area contributed by atoms with E-state index in [1.54, 1.807) is 6.92 Å². The van der Waals surface area contributed by atoms with Gasteiger partial charge in [-0.3, -0.25) is 4.79 Å². The Morgan fingerprint density at radius 2 is 2.08 bits per heavy atom. The van der Waals surface area contributed by atoms with Gasteiger partial charge in [-0.25, -0.2) is 0 Å². The van der Waals surface area contributed by atoms with E-state index in [2.05, 4.69) is 5.92 Å². The Balaban J connectivity index is 4.30. The van der Waals surface area contributed by atoms with E-state index in [0.717, 1.165) is 11.1 Å². The van der Waals surface area contributed by atoms with Crippen LogP contribution in [-0.4, -0.2) is 11.1 Å². The second-order valence-electron chi connectivity index (χ2n) is 2.99. The number of hydrogen-bond acceptors (Lipinski definition) is 1. The van der Waals surface area contributed by atoms with Gasteiger partial charge >= 0.3 is 5.97 Å². The van der Waals surface area contributed by atoms with Crippen molar-refractivity contribution >= 4 is 5.97 Å². The fourth-order valence-electron chi connectivity index (χ4n) is 0.823. The first-order chi connectivity index (χ1) is 5.49. The van der Waals surface area contributed by atoms with Crippen LogP contribution in [0.3, 0.4) is 0 Å². The standard InChI is InChI=1S/C10H14O2/c1-5-7(2)8(3)6-9(4)10(11)12/h1,9H,6H2,2-4H3,(H,11,12). The van der Waals surface area contributed by atoms with E-state index in [1.807, 2.05) is 13.8 Å². The van der Waals surface area contributed by atoms with Crippen molar-refractivity contribution in [2.24, 2.45) is 5.92 Å². The number of aliphatic carboxylic acids is 1. The zero-order chi connectivity index (χ0) is 9.72. The predicted molar refractivity (Wildman–Crippen MR) is 48.6 cm³/mol. The number of allylic oxidation sites excluding steroid dienone is 2. The lowest BCUT2D eigenvalue weighted by Crippen LogP contribution is -2.09. The molecule has 0 saturated carbocycles. The van der Waals surface area contributed by atoms with Gasteiger partial charge < -0.3 is 5.11 Å². The highest BCUT2D eigenvalue weighted by Crippen LogP contribution is 2.14. The first-order valence-electron chi connectivity index (χ1n) is 3.84. The molecule has 0 rings (SSSR count). The summed E-state index contributed by atoms with van der Waals surface area (Å²) < 4.78 is 0. The zero-order valence-electron chi connectivity index (χ0n) is 7.72. The van der Waals surface area contributed by atoms with Crippen LogP contribution >= 0.6 is 0 Å². The molecule has 0 aromatic carbocycles. The van der Waals surface area contributed by atoms with Gasteiger partial charge in [-0.1, -0.05) is 18.4 Å². The molecule has 0 bridgehead atoms. The van der Waals surface area contributed by atoms with E-state index in [1.165, 1.54) is 0 Å². The van der Waals surface area contributed by atoms with Crippen molar-refractivity contribution in [3.63, 3.8) is 0 Å². The molecular weight excluding hydrogens is 152 g/mol. The summed E-state index contributed by atoms with van der Waals surface area (Å²) in [5.74, 6) is 1.36. The van der Waals surface area contributed by atoms with Gasteiger partial charge in [0.25, 0.3) is 0 Å². The van der Waals surface area contributed by atoms with Gasteiger partial charge in [-0.05, 0) is 25.8 Å². The lowest BCUT2D eigenvalue weighted by Gasteiger charge is -2.06. The molecule has 0 aromatic heterocycles. The maximum Gasteiger partial charge on any atom is 0.306 e. The molecule has 0 saturated heterocycles. The van der Waals surface area contributed by atoms with E-state index in [-0.39, 0.29) is 5.92 Å². The highest BCUT2D eigenvalue weighted by Gasteiger charge is 2.11. The normalized spacial score (nSPS) is 14.5. The number of terminal acetylenes is 1. The molecule has 0 amide bonds. The number of carboxylic acid groups (broad SMARTS) is 1. The molecule has 0 aliphatic carbocycles. The summed E-state index contributed by atoms with van der Waals surface area (Å²) in [6.45, 7) is 5.37. The van der Waals surface area contributed by atoms with E-state index in [0.29, 0.717) is 6.42 Å². The smallest absolute Gasteiger partial charge is 0.306 e.